The number of hydrogen-bond acceptors (Lipinski definition) is 5. The van der Waals surface area contributed by atoms with Crippen LogP contribution in [0.5, 0.6) is 11.5 Å². The number of benzene rings is 1. The molecule has 0 radical (unpaired) electrons. The summed E-state index contributed by atoms with van der Waals surface area (Å²) in [7, 11) is 3.36. The van der Waals surface area contributed by atoms with Crippen molar-refractivity contribution >= 4 is 5.96 Å². The fraction of sp³-hybridized carbons (Fsp3) is 0.650. The fourth-order valence-electron chi connectivity index (χ4n) is 3.79. The van der Waals surface area contributed by atoms with E-state index in [1.807, 2.05) is 0 Å². The summed E-state index contributed by atoms with van der Waals surface area (Å²) in [5, 5.41) is 13.1. The Hall–Kier alpha value is -1.99. The molecule has 3 rings (SSSR count). The Morgan fingerprint density at radius 2 is 1.96 bits per heavy atom. The number of fused-ring (bicyclic) bond motifs is 1. The summed E-state index contributed by atoms with van der Waals surface area (Å²) >= 11 is 0. The van der Waals surface area contributed by atoms with Gasteiger partial charge in [-0.3, -0.25) is 9.89 Å². The third kappa shape index (κ3) is 4.84. The van der Waals surface area contributed by atoms with Crippen molar-refractivity contribution in [2.45, 2.75) is 32.4 Å². The second kappa shape index (κ2) is 9.28. The molecule has 2 N–H and O–H groups in total. The Balaban J connectivity index is 1.59. The van der Waals surface area contributed by atoms with E-state index in [2.05, 4.69) is 34.2 Å². The van der Waals surface area contributed by atoms with Crippen molar-refractivity contribution < 1.29 is 14.6 Å². The van der Waals surface area contributed by atoms with E-state index in [-0.39, 0.29) is 6.10 Å². The van der Waals surface area contributed by atoms with Crippen molar-refractivity contribution in [1.29, 1.82) is 0 Å². The van der Waals surface area contributed by atoms with Gasteiger partial charge in [-0.25, -0.2) is 0 Å². The zero-order valence-corrected chi connectivity index (χ0v) is 16.7. The van der Waals surface area contributed by atoms with Gasteiger partial charge in [0.1, 0.15) is 0 Å². The van der Waals surface area contributed by atoms with Gasteiger partial charge in [-0.05, 0) is 43.0 Å². The van der Waals surface area contributed by atoms with Gasteiger partial charge in [0.05, 0.1) is 26.9 Å². The van der Waals surface area contributed by atoms with Crippen molar-refractivity contribution in [2.75, 3.05) is 53.5 Å². The van der Waals surface area contributed by atoms with Crippen LogP contribution in [0, 0.1) is 0 Å². The summed E-state index contributed by atoms with van der Waals surface area (Å²) in [6, 6.07) is 4.20. The maximum absolute atomic E-state index is 9.77. The van der Waals surface area contributed by atoms with E-state index in [1.165, 1.54) is 11.1 Å². The smallest absolute Gasteiger partial charge is 0.194 e. The number of guanidine groups is 1. The number of nitrogens with one attached hydrogen (secondary N) is 1. The van der Waals surface area contributed by atoms with E-state index in [0.717, 1.165) is 69.6 Å². The topological polar surface area (TPSA) is 69.6 Å². The van der Waals surface area contributed by atoms with E-state index < -0.39 is 0 Å². The number of β-amino-alcohol motifs (C(OH)–C–C–N with tert-alkyl or cyclic N) is 1. The van der Waals surface area contributed by atoms with Crippen molar-refractivity contribution in [3.8, 4) is 11.5 Å². The summed E-state index contributed by atoms with van der Waals surface area (Å²) in [6.45, 7) is 8.05. The Morgan fingerprint density at radius 3 is 2.59 bits per heavy atom. The Bertz CT molecular complexity index is 665. The molecular weight excluding hydrogens is 344 g/mol. The molecule has 7 nitrogen and oxygen atoms in total. The lowest BCUT2D eigenvalue weighted by molar-refractivity contribution is 0.187. The lowest BCUT2D eigenvalue weighted by Crippen LogP contribution is -2.41. The quantitative estimate of drug-likeness (QED) is 0.572. The van der Waals surface area contributed by atoms with Crippen LogP contribution in [0.4, 0.5) is 0 Å². The molecule has 1 aromatic carbocycles. The van der Waals surface area contributed by atoms with E-state index >= 15 is 0 Å². The minimum atomic E-state index is -0.237. The first-order chi connectivity index (χ1) is 13.1. The normalized spacial score (nSPS) is 20.5. The van der Waals surface area contributed by atoms with Gasteiger partial charge in [0.2, 0.25) is 0 Å². The predicted molar refractivity (Wildman–Crippen MR) is 107 cm³/mol. The Kier molecular flexibility index (Phi) is 6.79. The zero-order valence-electron chi connectivity index (χ0n) is 16.7. The van der Waals surface area contributed by atoms with Crippen LogP contribution in [0.1, 0.15) is 24.5 Å². The first-order valence-corrected chi connectivity index (χ1v) is 9.82. The average molecular weight is 377 g/mol. The molecule has 0 saturated carbocycles. The third-order valence-corrected chi connectivity index (χ3v) is 5.27. The monoisotopic (exact) mass is 376 g/mol. The molecule has 0 bridgehead atoms. The number of nitrogens with zero attached hydrogens (tertiary/aromatic N) is 3. The number of likely N-dealkylation sites (tertiary alicyclic amines) is 1. The number of ether oxygens (including phenoxy) is 2. The van der Waals surface area contributed by atoms with Gasteiger partial charge < -0.3 is 24.8 Å². The van der Waals surface area contributed by atoms with Gasteiger partial charge in [0.15, 0.2) is 17.5 Å². The molecule has 1 aromatic rings. The SMILES string of the molecule is CCNC(=NCCN1CCc2cc(OC)c(OC)cc2C1)N1CC[C@@H](O)C1. The van der Waals surface area contributed by atoms with Gasteiger partial charge in [-0.1, -0.05) is 0 Å². The fourth-order valence-corrected chi connectivity index (χ4v) is 3.79. The lowest BCUT2D eigenvalue weighted by Gasteiger charge is -2.29. The predicted octanol–water partition coefficient (Wildman–Crippen LogP) is 1.09. The molecule has 1 saturated heterocycles. The molecule has 0 unspecified atom stereocenters. The van der Waals surface area contributed by atoms with Crippen molar-refractivity contribution in [3.63, 3.8) is 0 Å². The molecule has 0 aromatic heterocycles. The molecule has 150 valence electrons. The lowest BCUT2D eigenvalue weighted by atomic mass is 9.99. The average Bonchev–Trinajstić information content (AvgIpc) is 3.12. The van der Waals surface area contributed by atoms with Crippen LogP contribution >= 0.6 is 0 Å². The number of aliphatic hydroxyl groups is 1. The maximum atomic E-state index is 9.77. The summed E-state index contributed by atoms with van der Waals surface area (Å²) in [5.41, 5.74) is 2.64. The van der Waals surface area contributed by atoms with Crippen LogP contribution in [0.3, 0.4) is 0 Å². The van der Waals surface area contributed by atoms with E-state index in [4.69, 9.17) is 14.5 Å². The van der Waals surface area contributed by atoms with Crippen LogP contribution < -0.4 is 14.8 Å². The van der Waals surface area contributed by atoms with Crippen LogP contribution in [0.2, 0.25) is 0 Å². The van der Waals surface area contributed by atoms with Crippen molar-refractivity contribution in [2.24, 2.45) is 4.99 Å². The highest BCUT2D eigenvalue weighted by atomic mass is 16.5. The summed E-state index contributed by atoms with van der Waals surface area (Å²) < 4.78 is 10.9. The molecule has 1 fully saturated rings. The van der Waals surface area contributed by atoms with E-state index in [0.29, 0.717) is 6.54 Å². The molecule has 2 aliphatic rings. The zero-order chi connectivity index (χ0) is 19.2. The molecule has 1 atom stereocenters. The minimum Gasteiger partial charge on any atom is -0.493 e. The summed E-state index contributed by atoms with van der Waals surface area (Å²) in [4.78, 5) is 9.36. The van der Waals surface area contributed by atoms with E-state index in [9.17, 15) is 5.11 Å². The van der Waals surface area contributed by atoms with Gasteiger partial charge in [-0.15, -0.1) is 0 Å². The standard InChI is InChI=1S/C20H32N4O3/c1-4-21-20(24-9-6-17(25)14-24)22-7-10-23-8-5-15-11-18(26-2)19(27-3)12-16(15)13-23/h11-12,17,25H,4-10,13-14H2,1-3H3,(H,21,22)/t17-/m1/s1. The Labute approximate surface area is 162 Å². The number of aliphatic hydroxyl groups excluding tert-OH is 1. The summed E-state index contributed by atoms with van der Waals surface area (Å²) in [6.07, 6.45) is 1.59. The minimum absolute atomic E-state index is 0.237. The van der Waals surface area contributed by atoms with E-state index in [1.54, 1.807) is 14.2 Å². The van der Waals surface area contributed by atoms with Crippen LogP contribution in [0.15, 0.2) is 17.1 Å². The number of rotatable bonds is 6. The van der Waals surface area contributed by atoms with Crippen molar-refractivity contribution in [3.05, 3.63) is 23.3 Å². The molecule has 0 aliphatic carbocycles. The van der Waals surface area contributed by atoms with Crippen LogP contribution in [-0.2, 0) is 13.0 Å². The second-order valence-corrected chi connectivity index (χ2v) is 7.13. The molecule has 0 spiro atoms. The maximum Gasteiger partial charge on any atom is 0.194 e. The number of hydrogen-bond donors (Lipinski definition) is 2. The van der Waals surface area contributed by atoms with Crippen LogP contribution in [0.25, 0.3) is 0 Å². The van der Waals surface area contributed by atoms with Gasteiger partial charge in [-0.2, -0.15) is 0 Å². The first-order valence-electron chi connectivity index (χ1n) is 9.82. The molecule has 7 heteroatoms. The molecule has 27 heavy (non-hydrogen) atoms. The van der Waals surface area contributed by atoms with Gasteiger partial charge in [0, 0.05) is 39.3 Å². The molecule has 2 heterocycles. The summed E-state index contributed by atoms with van der Waals surface area (Å²) in [5.74, 6) is 2.51. The highest BCUT2D eigenvalue weighted by Crippen LogP contribution is 2.33. The van der Waals surface area contributed by atoms with Crippen LogP contribution in [-0.4, -0.2) is 80.5 Å². The molecular formula is C20H32N4O3. The Morgan fingerprint density at radius 1 is 1.22 bits per heavy atom. The van der Waals surface area contributed by atoms with Gasteiger partial charge >= 0.3 is 0 Å². The number of aliphatic imine (C=N–C) groups is 1. The highest BCUT2D eigenvalue weighted by molar-refractivity contribution is 5.80. The van der Waals surface area contributed by atoms with Crippen molar-refractivity contribution in [1.82, 2.24) is 15.1 Å². The first kappa shape index (κ1) is 19.8. The number of methoxy groups -OCH3 is 2. The second-order valence-electron chi connectivity index (χ2n) is 7.13. The molecule has 0 amide bonds. The van der Waals surface area contributed by atoms with Gasteiger partial charge in [0.25, 0.3) is 0 Å². The highest BCUT2D eigenvalue weighted by Gasteiger charge is 2.23. The third-order valence-electron chi connectivity index (χ3n) is 5.27. The largest absolute Gasteiger partial charge is 0.493 e. The molecule has 2 aliphatic heterocycles.